The van der Waals surface area contributed by atoms with Crippen LogP contribution in [-0.4, -0.2) is 59.3 Å². The zero-order valence-corrected chi connectivity index (χ0v) is 19.8. The van der Waals surface area contributed by atoms with E-state index in [1.165, 1.54) is 11.3 Å². The molecule has 7 nitrogen and oxygen atoms in total. The van der Waals surface area contributed by atoms with Gasteiger partial charge in [0.25, 0.3) is 5.91 Å². The molecule has 0 aromatic carbocycles. The Morgan fingerprint density at radius 3 is 2.40 bits per heavy atom. The lowest BCUT2D eigenvalue weighted by Gasteiger charge is -2.29. The molecule has 30 heavy (non-hydrogen) atoms. The number of sulfonamides is 1. The number of carbonyl (C=O) groups excluding carboxylic acids is 1. The molecule has 2 aromatic heterocycles. The van der Waals surface area contributed by atoms with E-state index >= 15 is 0 Å². The standard InChI is InChI=1S/C21H30N4O3S2/c1-14-7-11-25(12-8-14)30(27,28)18-13-17(23(4)16(18)3)20-22-15(2)19(29-20)21(26)24-9-5-6-10-24/h13-14H,5-12H2,1-4H3. The van der Waals surface area contributed by atoms with Crippen LogP contribution in [0.15, 0.2) is 11.0 Å². The van der Waals surface area contributed by atoms with Gasteiger partial charge >= 0.3 is 0 Å². The van der Waals surface area contributed by atoms with E-state index in [9.17, 15) is 13.2 Å². The van der Waals surface area contributed by atoms with Gasteiger partial charge in [-0.15, -0.1) is 11.3 Å². The summed E-state index contributed by atoms with van der Waals surface area (Å²) in [6.07, 6.45) is 3.88. The molecule has 2 saturated heterocycles. The van der Waals surface area contributed by atoms with E-state index in [1.807, 2.05) is 30.4 Å². The van der Waals surface area contributed by atoms with Gasteiger partial charge in [0.2, 0.25) is 10.0 Å². The summed E-state index contributed by atoms with van der Waals surface area (Å²) >= 11 is 1.36. The summed E-state index contributed by atoms with van der Waals surface area (Å²) in [6.45, 7) is 8.58. The van der Waals surface area contributed by atoms with Crippen molar-refractivity contribution < 1.29 is 13.2 Å². The second kappa shape index (κ2) is 8.09. The van der Waals surface area contributed by atoms with Crippen LogP contribution in [0.2, 0.25) is 0 Å². The maximum atomic E-state index is 13.3. The molecule has 0 spiro atoms. The first-order chi connectivity index (χ1) is 14.2. The topological polar surface area (TPSA) is 75.5 Å². The third kappa shape index (κ3) is 3.71. The van der Waals surface area contributed by atoms with E-state index in [1.54, 1.807) is 10.4 Å². The van der Waals surface area contributed by atoms with Gasteiger partial charge in [0.15, 0.2) is 0 Å². The normalized spacial score (nSPS) is 19.0. The first-order valence-corrected chi connectivity index (χ1v) is 12.9. The van der Waals surface area contributed by atoms with E-state index in [4.69, 9.17) is 0 Å². The minimum atomic E-state index is -3.54. The molecule has 2 fully saturated rings. The Hall–Kier alpha value is -1.71. The molecule has 0 unspecified atom stereocenters. The molecule has 0 saturated carbocycles. The second-order valence-electron chi connectivity index (χ2n) is 8.56. The van der Waals surface area contributed by atoms with E-state index in [0.717, 1.165) is 44.5 Å². The van der Waals surface area contributed by atoms with Gasteiger partial charge in [0, 0.05) is 38.9 Å². The Balaban J connectivity index is 1.67. The van der Waals surface area contributed by atoms with Crippen molar-refractivity contribution in [3.8, 4) is 10.7 Å². The van der Waals surface area contributed by atoms with Gasteiger partial charge in [-0.1, -0.05) is 6.92 Å². The first kappa shape index (κ1) is 21.5. The van der Waals surface area contributed by atoms with Crippen LogP contribution in [-0.2, 0) is 17.1 Å². The van der Waals surface area contributed by atoms with E-state index in [0.29, 0.717) is 45.2 Å². The monoisotopic (exact) mass is 450 g/mol. The van der Waals surface area contributed by atoms with Crippen molar-refractivity contribution in [1.29, 1.82) is 0 Å². The molecule has 0 radical (unpaired) electrons. The Kier molecular flexibility index (Phi) is 5.80. The molecule has 0 atom stereocenters. The van der Waals surface area contributed by atoms with Crippen molar-refractivity contribution in [2.75, 3.05) is 26.2 Å². The lowest BCUT2D eigenvalue weighted by atomic mass is 10.0. The molecule has 2 aliphatic rings. The fourth-order valence-corrected chi connectivity index (χ4v) is 7.10. The third-order valence-corrected chi connectivity index (χ3v) is 9.63. The largest absolute Gasteiger partial charge is 0.345 e. The average molecular weight is 451 g/mol. The summed E-state index contributed by atoms with van der Waals surface area (Å²) in [5.74, 6) is 0.601. The molecule has 2 aromatic rings. The van der Waals surface area contributed by atoms with E-state index in [2.05, 4.69) is 11.9 Å². The molecule has 2 aliphatic heterocycles. The number of hydrogen-bond donors (Lipinski definition) is 0. The zero-order chi connectivity index (χ0) is 21.6. The number of aromatic nitrogens is 2. The number of piperidine rings is 1. The summed E-state index contributed by atoms with van der Waals surface area (Å²) in [5.41, 5.74) is 2.15. The maximum Gasteiger partial charge on any atom is 0.265 e. The Labute approximate surface area is 182 Å². The highest BCUT2D eigenvalue weighted by Crippen LogP contribution is 2.35. The van der Waals surface area contributed by atoms with Crippen LogP contribution in [0.1, 0.15) is 53.7 Å². The number of rotatable bonds is 4. The number of likely N-dealkylation sites (tertiary alicyclic amines) is 1. The summed E-state index contributed by atoms with van der Waals surface area (Å²) < 4.78 is 30.1. The summed E-state index contributed by atoms with van der Waals surface area (Å²) in [4.78, 5) is 20.4. The lowest BCUT2D eigenvalue weighted by Crippen LogP contribution is -2.38. The Morgan fingerprint density at radius 2 is 1.77 bits per heavy atom. The summed E-state index contributed by atoms with van der Waals surface area (Å²) in [6, 6.07) is 1.73. The average Bonchev–Trinajstić information content (AvgIpc) is 3.43. The summed E-state index contributed by atoms with van der Waals surface area (Å²) in [5, 5.41) is 0.689. The minimum Gasteiger partial charge on any atom is -0.345 e. The van der Waals surface area contributed by atoms with Crippen LogP contribution in [0.4, 0.5) is 0 Å². The van der Waals surface area contributed by atoms with Gasteiger partial charge in [-0.05, 0) is 51.5 Å². The fourth-order valence-electron chi connectivity index (χ4n) is 4.27. The van der Waals surface area contributed by atoms with Crippen molar-refractivity contribution in [3.05, 3.63) is 22.3 Å². The first-order valence-electron chi connectivity index (χ1n) is 10.6. The number of hydrogen-bond acceptors (Lipinski definition) is 5. The smallest absolute Gasteiger partial charge is 0.265 e. The minimum absolute atomic E-state index is 0.0370. The fraction of sp³-hybridized carbons (Fsp3) is 0.619. The van der Waals surface area contributed by atoms with Gasteiger partial charge in [-0.3, -0.25) is 4.79 Å². The number of amides is 1. The second-order valence-corrected chi connectivity index (χ2v) is 11.5. The van der Waals surface area contributed by atoms with Crippen molar-refractivity contribution in [2.24, 2.45) is 13.0 Å². The van der Waals surface area contributed by atoms with Crippen LogP contribution in [0.3, 0.4) is 0 Å². The number of carbonyl (C=O) groups is 1. The van der Waals surface area contributed by atoms with Crippen molar-refractivity contribution in [3.63, 3.8) is 0 Å². The summed E-state index contributed by atoms with van der Waals surface area (Å²) in [7, 11) is -1.68. The number of nitrogens with zero attached hydrogens (tertiary/aromatic N) is 4. The third-order valence-electron chi connectivity index (χ3n) is 6.45. The molecule has 0 aliphatic carbocycles. The number of aryl methyl sites for hydroxylation is 1. The van der Waals surface area contributed by atoms with Gasteiger partial charge in [-0.25, -0.2) is 13.4 Å². The van der Waals surface area contributed by atoms with Crippen molar-refractivity contribution >= 4 is 27.3 Å². The van der Waals surface area contributed by atoms with Gasteiger partial charge in [-0.2, -0.15) is 4.31 Å². The SMILES string of the molecule is Cc1nc(-c2cc(S(=O)(=O)N3CCC(C)CC3)c(C)n2C)sc1C(=O)N1CCCC1. The van der Waals surface area contributed by atoms with Crippen molar-refractivity contribution in [1.82, 2.24) is 18.8 Å². The van der Waals surface area contributed by atoms with Crippen molar-refractivity contribution in [2.45, 2.75) is 51.3 Å². The highest BCUT2D eigenvalue weighted by Gasteiger charge is 2.32. The van der Waals surface area contributed by atoms with Gasteiger partial charge in [0.1, 0.15) is 14.8 Å². The molecule has 4 rings (SSSR count). The molecular formula is C21H30N4O3S2. The molecule has 9 heteroatoms. The van der Waals surface area contributed by atoms with E-state index < -0.39 is 10.0 Å². The zero-order valence-electron chi connectivity index (χ0n) is 18.1. The highest BCUT2D eigenvalue weighted by atomic mass is 32.2. The molecule has 4 heterocycles. The highest BCUT2D eigenvalue weighted by molar-refractivity contribution is 7.89. The predicted molar refractivity (Wildman–Crippen MR) is 118 cm³/mol. The lowest BCUT2D eigenvalue weighted by molar-refractivity contribution is 0.0796. The number of thiazole rings is 1. The predicted octanol–water partition coefficient (Wildman–Crippen LogP) is 3.42. The van der Waals surface area contributed by atoms with E-state index in [-0.39, 0.29) is 5.91 Å². The van der Waals surface area contributed by atoms with Crippen LogP contribution in [0.25, 0.3) is 10.7 Å². The van der Waals surface area contributed by atoms with Crippen LogP contribution in [0.5, 0.6) is 0 Å². The quantitative estimate of drug-likeness (QED) is 0.715. The van der Waals surface area contributed by atoms with Crippen LogP contribution in [0, 0.1) is 19.8 Å². The van der Waals surface area contributed by atoms with Gasteiger partial charge in [0.05, 0.1) is 11.4 Å². The molecule has 164 valence electrons. The molecule has 0 bridgehead atoms. The maximum absolute atomic E-state index is 13.3. The Morgan fingerprint density at radius 1 is 1.13 bits per heavy atom. The molecular weight excluding hydrogens is 420 g/mol. The van der Waals surface area contributed by atoms with Crippen LogP contribution >= 0.6 is 11.3 Å². The van der Waals surface area contributed by atoms with Gasteiger partial charge < -0.3 is 9.47 Å². The molecule has 0 N–H and O–H groups in total. The van der Waals surface area contributed by atoms with Crippen LogP contribution < -0.4 is 0 Å². The molecule has 1 amide bonds. The Bertz CT molecular complexity index is 1060.